The predicted molar refractivity (Wildman–Crippen MR) is 109 cm³/mol. The van der Waals surface area contributed by atoms with Crippen molar-refractivity contribution in [2.24, 2.45) is 0 Å². The number of nitrogens with zero attached hydrogens (tertiary/aromatic N) is 3. The van der Waals surface area contributed by atoms with Gasteiger partial charge in [-0.05, 0) is 31.0 Å². The summed E-state index contributed by atoms with van der Waals surface area (Å²) in [6.07, 6.45) is -4.71. The van der Waals surface area contributed by atoms with Gasteiger partial charge < -0.3 is 4.42 Å². The van der Waals surface area contributed by atoms with Crippen LogP contribution in [0.25, 0.3) is 39.3 Å². The van der Waals surface area contributed by atoms with Crippen LogP contribution < -0.4 is 5.56 Å². The van der Waals surface area contributed by atoms with Gasteiger partial charge in [-0.1, -0.05) is 42.5 Å². The molecule has 1 N–H and O–H groups in total. The van der Waals surface area contributed by atoms with Crippen LogP contribution in [0.2, 0.25) is 0 Å². The van der Waals surface area contributed by atoms with Crippen LogP contribution in [0.15, 0.2) is 57.7 Å². The fraction of sp³-hybridized carbons (Fsp3) is 0.136. The van der Waals surface area contributed by atoms with Crippen molar-refractivity contribution in [1.29, 1.82) is 0 Å². The van der Waals surface area contributed by atoms with E-state index in [2.05, 4.69) is 15.1 Å². The van der Waals surface area contributed by atoms with Gasteiger partial charge in [-0.3, -0.25) is 9.89 Å². The minimum Gasteiger partial charge on any atom is -0.436 e. The van der Waals surface area contributed by atoms with E-state index >= 15 is 0 Å². The zero-order chi connectivity index (χ0) is 21.9. The number of nitrogens with one attached hydrogen (secondary N) is 1. The first-order valence-electron chi connectivity index (χ1n) is 9.40. The van der Waals surface area contributed by atoms with Crippen LogP contribution in [-0.4, -0.2) is 19.6 Å². The first-order valence-corrected chi connectivity index (χ1v) is 9.40. The molecule has 5 aromatic rings. The fourth-order valence-corrected chi connectivity index (χ4v) is 3.70. The van der Waals surface area contributed by atoms with Crippen molar-refractivity contribution in [3.05, 3.63) is 75.8 Å². The molecule has 156 valence electrons. The van der Waals surface area contributed by atoms with Gasteiger partial charge in [-0.25, -0.2) is 9.97 Å². The first-order chi connectivity index (χ1) is 14.8. The highest BCUT2D eigenvalue weighted by atomic mass is 19.4. The third-order valence-electron chi connectivity index (χ3n) is 5.14. The van der Waals surface area contributed by atoms with Crippen molar-refractivity contribution in [2.75, 3.05) is 0 Å². The second-order valence-electron chi connectivity index (χ2n) is 7.20. The van der Waals surface area contributed by atoms with E-state index in [-0.39, 0.29) is 28.4 Å². The lowest BCUT2D eigenvalue weighted by molar-refractivity contribution is -0.140. The summed E-state index contributed by atoms with van der Waals surface area (Å²) in [5, 5.41) is 2.20. The number of alkyl halides is 3. The summed E-state index contributed by atoms with van der Waals surface area (Å²) in [6, 6.07) is 13.4. The number of halogens is 3. The minimum absolute atomic E-state index is 0.00249. The Bertz CT molecular complexity index is 1510. The van der Waals surface area contributed by atoms with Crippen molar-refractivity contribution in [3.63, 3.8) is 0 Å². The summed E-state index contributed by atoms with van der Waals surface area (Å²) in [5.41, 5.74) is 0.356. The van der Waals surface area contributed by atoms with Gasteiger partial charge in [0.2, 0.25) is 5.89 Å². The number of rotatable bonds is 2. The smallest absolute Gasteiger partial charge is 0.433 e. The zero-order valence-electron chi connectivity index (χ0n) is 16.4. The molecule has 0 saturated heterocycles. The summed E-state index contributed by atoms with van der Waals surface area (Å²) in [6.45, 7) is 3.40. The van der Waals surface area contributed by atoms with E-state index in [1.54, 1.807) is 37.3 Å². The number of hydrogen-bond acceptors (Lipinski definition) is 4. The van der Waals surface area contributed by atoms with Gasteiger partial charge in [-0.2, -0.15) is 17.7 Å². The number of fused-ring (bicyclic) bond motifs is 2. The molecule has 0 spiro atoms. The average molecular weight is 424 g/mol. The highest BCUT2D eigenvalue weighted by Gasteiger charge is 2.38. The third-order valence-corrected chi connectivity index (χ3v) is 5.14. The Hall–Kier alpha value is -3.88. The number of hydrogen-bond donors (Lipinski definition) is 1. The Morgan fingerprint density at radius 2 is 1.71 bits per heavy atom. The van der Waals surface area contributed by atoms with E-state index in [0.717, 1.165) is 10.1 Å². The number of H-pyrrole nitrogens is 1. The van der Waals surface area contributed by atoms with Gasteiger partial charge in [0.25, 0.3) is 5.56 Å². The molecule has 0 unspecified atom stereocenters. The Kier molecular flexibility index (Phi) is 4.04. The second kappa shape index (κ2) is 6.56. The molecule has 0 amide bonds. The van der Waals surface area contributed by atoms with Gasteiger partial charge in [0.1, 0.15) is 16.8 Å². The lowest BCUT2D eigenvalue weighted by Gasteiger charge is -2.07. The molecule has 0 aliphatic rings. The molecule has 3 heterocycles. The van der Waals surface area contributed by atoms with Crippen LogP contribution in [-0.2, 0) is 6.18 Å². The molecular formula is C22H15F3N4O2. The van der Waals surface area contributed by atoms with Gasteiger partial charge in [0, 0.05) is 0 Å². The largest absolute Gasteiger partial charge is 0.436 e. The average Bonchev–Trinajstić information content (AvgIpc) is 3.31. The maximum Gasteiger partial charge on any atom is 0.433 e. The molecule has 0 fully saturated rings. The monoisotopic (exact) mass is 424 g/mol. The van der Waals surface area contributed by atoms with E-state index in [1.807, 2.05) is 13.0 Å². The Labute approximate surface area is 173 Å². The summed E-state index contributed by atoms with van der Waals surface area (Å²) in [5.74, 6) is 0.0121. The molecule has 6 nitrogen and oxygen atoms in total. The molecule has 0 saturated carbocycles. The Morgan fingerprint density at radius 3 is 2.39 bits per heavy atom. The van der Waals surface area contributed by atoms with Crippen LogP contribution in [0, 0.1) is 13.8 Å². The van der Waals surface area contributed by atoms with Crippen LogP contribution in [0.5, 0.6) is 0 Å². The number of oxazole rings is 1. The third kappa shape index (κ3) is 2.92. The van der Waals surface area contributed by atoms with E-state index in [0.29, 0.717) is 16.7 Å². The fourth-order valence-electron chi connectivity index (χ4n) is 3.70. The van der Waals surface area contributed by atoms with Crippen molar-refractivity contribution in [2.45, 2.75) is 20.0 Å². The maximum atomic E-state index is 13.8. The standard InChI is InChI=1S/C22H15F3N4O2/c1-11-7-6-10-14-17(11)27-20(31-14)15-12(2)26-19-16(13-8-4-3-5-9-13)18(22(23,24)25)28-29(19)21(15)30/h3-10,28H,1-2H3. The van der Waals surface area contributed by atoms with Crippen molar-refractivity contribution < 1.29 is 17.6 Å². The SMILES string of the molecule is Cc1nc2c(-c3ccccc3)c(C(F)(F)F)[nH]n2c(=O)c1-c1nc2c(C)cccc2o1. The lowest BCUT2D eigenvalue weighted by atomic mass is 10.1. The molecule has 0 atom stereocenters. The molecule has 0 radical (unpaired) electrons. The van der Waals surface area contributed by atoms with Gasteiger partial charge in [0.15, 0.2) is 11.2 Å². The Balaban J connectivity index is 1.84. The first kappa shape index (κ1) is 19.1. The number of aromatic nitrogens is 4. The maximum absolute atomic E-state index is 13.8. The molecule has 31 heavy (non-hydrogen) atoms. The van der Waals surface area contributed by atoms with Gasteiger partial charge >= 0.3 is 6.18 Å². The van der Waals surface area contributed by atoms with E-state index in [1.165, 1.54) is 12.1 Å². The minimum atomic E-state index is -4.71. The number of benzene rings is 2. The molecule has 9 heteroatoms. The second-order valence-corrected chi connectivity index (χ2v) is 7.20. The van der Waals surface area contributed by atoms with Crippen LogP contribution in [0.4, 0.5) is 13.2 Å². The van der Waals surface area contributed by atoms with Gasteiger partial charge in [0.05, 0.1) is 11.3 Å². The molecule has 0 bridgehead atoms. The molecule has 0 aliphatic heterocycles. The lowest BCUT2D eigenvalue weighted by Crippen LogP contribution is -2.20. The highest BCUT2D eigenvalue weighted by molar-refractivity contribution is 5.82. The van der Waals surface area contributed by atoms with E-state index in [9.17, 15) is 18.0 Å². The predicted octanol–water partition coefficient (Wildman–Crippen LogP) is 5.13. The van der Waals surface area contributed by atoms with Gasteiger partial charge in [-0.15, -0.1) is 0 Å². The van der Waals surface area contributed by atoms with Crippen molar-refractivity contribution in [3.8, 4) is 22.6 Å². The normalized spacial score (nSPS) is 12.2. The number of aryl methyl sites for hydroxylation is 2. The summed E-state index contributed by atoms with van der Waals surface area (Å²) in [7, 11) is 0. The van der Waals surface area contributed by atoms with Crippen molar-refractivity contribution >= 4 is 16.7 Å². The van der Waals surface area contributed by atoms with Crippen LogP contribution >= 0.6 is 0 Å². The quantitative estimate of drug-likeness (QED) is 0.426. The van der Waals surface area contributed by atoms with E-state index in [4.69, 9.17) is 4.42 Å². The summed E-state index contributed by atoms with van der Waals surface area (Å²) < 4.78 is 48.0. The number of para-hydroxylation sites is 1. The van der Waals surface area contributed by atoms with Crippen molar-refractivity contribution in [1.82, 2.24) is 19.6 Å². The Morgan fingerprint density at radius 1 is 0.968 bits per heavy atom. The molecule has 2 aromatic carbocycles. The van der Waals surface area contributed by atoms with Crippen LogP contribution in [0.1, 0.15) is 17.0 Å². The zero-order valence-corrected chi connectivity index (χ0v) is 16.4. The topological polar surface area (TPSA) is 76.2 Å². The molecule has 0 aliphatic carbocycles. The molecule has 3 aromatic heterocycles. The summed E-state index contributed by atoms with van der Waals surface area (Å²) in [4.78, 5) is 22.0. The summed E-state index contributed by atoms with van der Waals surface area (Å²) >= 11 is 0. The van der Waals surface area contributed by atoms with E-state index < -0.39 is 17.4 Å². The highest BCUT2D eigenvalue weighted by Crippen LogP contribution is 2.38. The van der Waals surface area contributed by atoms with Crippen LogP contribution in [0.3, 0.4) is 0 Å². The molecule has 5 rings (SSSR count). The molecular weight excluding hydrogens is 409 g/mol. The number of aromatic amines is 1.